The number of aromatic nitrogens is 2. The molecule has 74 valence electrons. The topological polar surface area (TPSA) is 59.9 Å². The molecule has 0 aliphatic rings. The predicted octanol–water partition coefficient (Wildman–Crippen LogP) is 0.960. The Labute approximate surface area is 75.3 Å². The second-order valence-corrected chi connectivity index (χ2v) is 5.31. The van der Waals surface area contributed by atoms with Crippen LogP contribution in [0.5, 0.6) is 0 Å². The minimum Gasteiger partial charge on any atom is -0.221 e. The molecule has 0 bridgehead atoms. The van der Waals surface area contributed by atoms with Gasteiger partial charge in [-0.15, -0.1) is 10.2 Å². The standard InChI is InChI=1S/C4H3F3N2O2S2/c1-13(10,11)3-9-8-2(12-3)4(5,6)7/h1H3. The maximum atomic E-state index is 11.9. The highest BCUT2D eigenvalue weighted by Crippen LogP contribution is 2.32. The van der Waals surface area contributed by atoms with Gasteiger partial charge in [0.1, 0.15) is 0 Å². The molecule has 0 saturated heterocycles. The summed E-state index contributed by atoms with van der Waals surface area (Å²) in [6, 6.07) is 0. The summed E-state index contributed by atoms with van der Waals surface area (Å²) in [6.07, 6.45) is -3.87. The average Bonchev–Trinajstić information content (AvgIpc) is 2.28. The van der Waals surface area contributed by atoms with Crippen molar-refractivity contribution in [3.8, 4) is 0 Å². The van der Waals surface area contributed by atoms with Crippen molar-refractivity contribution in [1.82, 2.24) is 10.2 Å². The number of halogens is 3. The molecule has 1 aromatic rings. The molecular formula is C4H3F3N2O2S2. The lowest BCUT2D eigenvalue weighted by Crippen LogP contribution is -2.03. The highest BCUT2D eigenvalue weighted by atomic mass is 32.2. The molecule has 9 heteroatoms. The van der Waals surface area contributed by atoms with Crippen molar-refractivity contribution in [1.29, 1.82) is 0 Å². The molecule has 0 fully saturated rings. The Hall–Kier alpha value is -0.700. The van der Waals surface area contributed by atoms with Crippen LogP contribution in [-0.2, 0) is 16.0 Å². The van der Waals surface area contributed by atoms with Crippen molar-refractivity contribution in [2.75, 3.05) is 6.26 Å². The summed E-state index contributed by atoms with van der Waals surface area (Å²) in [5, 5.41) is 4.38. The van der Waals surface area contributed by atoms with Crippen molar-refractivity contribution >= 4 is 21.2 Å². The van der Waals surface area contributed by atoms with Gasteiger partial charge in [-0.3, -0.25) is 0 Å². The second-order valence-electron chi connectivity index (χ2n) is 2.14. The summed E-state index contributed by atoms with van der Waals surface area (Å²) in [5.41, 5.74) is 0. The zero-order valence-electron chi connectivity index (χ0n) is 6.16. The van der Waals surface area contributed by atoms with Crippen molar-refractivity contribution in [2.24, 2.45) is 0 Å². The molecule has 0 N–H and O–H groups in total. The fourth-order valence-electron chi connectivity index (χ4n) is 0.474. The van der Waals surface area contributed by atoms with Crippen LogP contribution in [0.15, 0.2) is 4.34 Å². The molecule has 0 aromatic carbocycles. The number of alkyl halides is 3. The van der Waals surface area contributed by atoms with Gasteiger partial charge in [0.25, 0.3) is 0 Å². The van der Waals surface area contributed by atoms with Crippen molar-refractivity contribution in [3.63, 3.8) is 0 Å². The average molecular weight is 232 g/mol. The summed E-state index contributed by atoms with van der Waals surface area (Å²) in [7, 11) is -3.70. The number of hydrogen-bond donors (Lipinski definition) is 0. The fraction of sp³-hybridized carbons (Fsp3) is 0.500. The molecule has 1 heterocycles. The molecular weight excluding hydrogens is 229 g/mol. The SMILES string of the molecule is CS(=O)(=O)c1nnc(C(F)(F)F)s1. The second kappa shape index (κ2) is 2.91. The molecule has 0 atom stereocenters. The third-order valence-corrected chi connectivity index (χ3v) is 3.60. The van der Waals surface area contributed by atoms with Crippen molar-refractivity contribution in [2.45, 2.75) is 10.5 Å². The van der Waals surface area contributed by atoms with E-state index in [4.69, 9.17) is 0 Å². The molecule has 1 rings (SSSR count). The molecule has 0 saturated carbocycles. The Morgan fingerprint density at radius 2 is 1.85 bits per heavy atom. The summed E-state index contributed by atoms with van der Waals surface area (Å²) in [4.78, 5) is 0. The Kier molecular flexibility index (Phi) is 2.32. The van der Waals surface area contributed by atoms with Gasteiger partial charge in [-0.2, -0.15) is 13.2 Å². The van der Waals surface area contributed by atoms with Crippen molar-refractivity contribution in [3.05, 3.63) is 5.01 Å². The molecule has 0 radical (unpaired) electrons. The highest BCUT2D eigenvalue weighted by molar-refractivity contribution is 7.92. The van der Waals surface area contributed by atoms with E-state index in [0.29, 0.717) is 0 Å². The van der Waals surface area contributed by atoms with Crippen LogP contribution in [0.25, 0.3) is 0 Å². The zero-order chi connectivity index (χ0) is 10.3. The van der Waals surface area contributed by atoms with Crippen LogP contribution in [0.2, 0.25) is 0 Å². The van der Waals surface area contributed by atoms with E-state index in [1.165, 1.54) is 0 Å². The van der Waals surface area contributed by atoms with Gasteiger partial charge in [0.15, 0.2) is 0 Å². The van der Waals surface area contributed by atoms with E-state index in [0.717, 1.165) is 6.26 Å². The van der Waals surface area contributed by atoms with Crippen molar-refractivity contribution < 1.29 is 21.6 Å². The van der Waals surface area contributed by atoms with Crippen LogP contribution in [0, 0.1) is 0 Å². The Bertz CT molecular complexity index is 407. The minimum absolute atomic E-state index is 0.0116. The third kappa shape index (κ3) is 2.37. The lowest BCUT2D eigenvalue weighted by molar-refractivity contribution is -0.138. The lowest BCUT2D eigenvalue weighted by Gasteiger charge is -1.97. The van der Waals surface area contributed by atoms with Crippen LogP contribution < -0.4 is 0 Å². The number of nitrogens with zero attached hydrogens (tertiary/aromatic N) is 2. The smallest absolute Gasteiger partial charge is 0.221 e. The van der Waals surface area contributed by atoms with E-state index >= 15 is 0 Å². The first-order chi connectivity index (χ1) is 5.71. The van der Waals surface area contributed by atoms with Gasteiger partial charge < -0.3 is 0 Å². The van der Waals surface area contributed by atoms with E-state index in [2.05, 4.69) is 10.2 Å². The van der Waals surface area contributed by atoms with Gasteiger partial charge >= 0.3 is 6.18 Å². The molecule has 0 unspecified atom stereocenters. The first-order valence-corrected chi connectivity index (χ1v) is 5.53. The summed E-state index contributed by atoms with van der Waals surface area (Å²) >= 11 is 0.0116. The van der Waals surface area contributed by atoms with Gasteiger partial charge in [0.05, 0.1) is 0 Å². The van der Waals surface area contributed by atoms with E-state index in [-0.39, 0.29) is 11.3 Å². The molecule has 0 aliphatic carbocycles. The van der Waals surface area contributed by atoms with Crippen LogP contribution in [0.3, 0.4) is 0 Å². The number of hydrogen-bond acceptors (Lipinski definition) is 5. The monoisotopic (exact) mass is 232 g/mol. The van der Waals surface area contributed by atoms with Crippen LogP contribution in [0.1, 0.15) is 5.01 Å². The quantitative estimate of drug-likeness (QED) is 0.723. The van der Waals surface area contributed by atoms with Gasteiger partial charge in [-0.1, -0.05) is 11.3 Å². The number of sulfone groups is 1. The van der Waals surface area contributed by atoms with Crippen LogP contribution >= 0.6 is 11.3 Å². The largest absolute Gasteiger partial charge is 0.445 e. The van der Waals surface area contributed by atoms with E-state index in [1.807, 2.05) is 0 Å². The Balaban J connectivity index is 3.16. The van der Waals surface area contributed by atoms with E-state index in [9.17, 15) is 21.6 Å². The Morgan fingerprint density at radius 1 is 1.31 bits per heavy atom. The molecule has 0 spiro atoms. The summed E-state index contributed by atoms with van der Waals surface area (Å²) < 4.78 is 56.5. The molecule has 4 nitrogen and oxygen atoms in total. The van der Waals surface area contributed by atoms with Crippen LogP contribution in [-0.4, -0.2) is 24.9 Å². The summed E-state index contributed by atoms with van der Waals surface area (Å²) in [5.74, 6) is 0. The summed E-state index contributed by atoms with van der Waals surface area (Å²) in [6.45, 7) is 0. The minimum atomic E-state index is -4.64. The normalized spacial score (nSPS) is 13.2. The van der Waals surface area contributed by atoms with Gasteiger partial charge in [-0.05, 0) is 0 Å². The zero-order valence-corrected chi connectivity index (χ0v) is 7.79. The van der Waals surface area contributed by atoms with E-state index in [1.54, 1.807) is 0 Å². The number of rotatable bonds is 1. The predicted molar refractivity (Wildman–Crippen MR) is 38.0 cm³/mol. The van der Waals surface area contributed by atoms with Gasteiger partial charge in [0, 0.05) is 6.26 Å². The maximum Gasteiger partial charge on any atom is 0.445 e. The van der Waals surface area contributed by atoms with Gasteiger partial charge in [0.2, 0.25) is 19.2 Å². The fourth-order valence-corrected chi connectivity index (χ4v) is 1.95. The molecule has 0 amide bonds. The molecule has 0 aliphatic heterocycles. The van der Waals surface area contributed by atoms with Crippen LogP contribution in [0.4, 0.5) is 13.2 Å². The first kappa shape index (κ1) is 10.4. The highest BCUT2D eigenvalue weighted by Gasteiger charge is 2.36. The van der Waals surface area contributed by atoms with E-state index < -0.39 is 25.4 Å². The van der Waals surface area contributed by atoms with Gasteiger partial charge in [-0.25, -0.2) is 8.42 Å². The third-order valence-electron chi connectivity index (χ3n) is 0.966. The molecule has 1 aromatic heterocycles. The molecule has 13 heavy (non-hydrogen) atoms. The lowest BCUT2D eigenvalue weighted by atomic mass is 10.7. The Morgan fingerprint density at radius 3 is 2.08 bits per heavy atom. The maximum absolute atomic E-state index is 11.9. The first-order valence-electron chi connectivity index (χ1n) is 2.82.